The topological polar surface area (TPSA) is 107 Å². The first-order chi connectivity index (χ1) is 8.65. The van der Waals surface area contributed by atoms with Crippen molar-refractivity contribution in [1.29, 1.82) is 0 Å². The summed E-state index contributed by atoms with van der Waals surface area (Å²) in [5, 5.41) is 26.2. The van der Waals surface area contributed by atoms with Crippen LogP contribution in [0.4, 0.5) is 5.88 Å². The van der Waals surface area contributed by atoms with Crippen LogP contribution in [0.1, 0.15) is 12.5 Å². The highest BCUT2D eigenvalue weighted by atomic mass is 16.6. The average Bonchev–Trinajstić information content (AvgIpc) is 2.94. The molecular formula is C10H10N4O4. The summed E-state index contributed by atoms with van der Waals surface area (Å²) in [7, 11) is 0. The van der Waals surface area contributed by atoms with Crippen molar-refractivity contribution in [3.05, 3.63) is 34.0 Å². The monoisotopic (exact) mass is 250 g/mol. The zero-order valence-electron chi connectivity index (χ0n) is 9.48. The first-order valence-corrected chi connectivity index (χ1v) is 5.15. The molecule has 0 spiro atoms. The highest BCUT2D eigenvalue weighted by Gasteiger charge is 2.18. The molecule has 0 aliphatic heterocycles. The molecule has 18 heavy (non-hydrogen) atoms. The molecule has 2 heterocycles. The highest BCUT2D eigenvalue weighted by Crippen LogP contribution is 2.26. The molecule has 8 nitrogen and oxygen atoms in total. The van der Waals surface area contributed by atoms with E-state index in [-0.39, 0.29) is 11.6 Å². The van der Waals surface area contributed by atoms with Gasteiger partial charge < -0.3 is 9.62 Å². The van der Waals surface area contributed by atoms with Crippen LogP contribution in [0.15, 0.2) is 27.9 Å². The molecule has 0 amide bonds. The maximum Gasteiger partial charge on any atom is 0.433 e. The summed E-state index contributed by atoms with van der Waals surface area (Å²) >= 11 is 0. The van der Waals surface area contributed by atoms with Crippen molar-refractivity contribution in [2.45, 2.75) is 13.5 Å². The lowest BCUT2D eigenvalue weighted by Gasteiger charge is -1.92. The molecule has 0 bridgehead atoms. The fourth-order valence-electron chi connectivity index (χ4n) is 1.50. The summed E-state index contributed by atoms with van der Waals surface area (Å²) in [6, 6.07) is 2.70. The van der Waals surface area contributed by atoms with Crippen molar-refractivity contribution in [1.82, 2.24) is 9.78 Å². The van der Waals surface area contributed by atoms with Crippen LogP contribution in [0.25, 0.3) is 11.5 Å². The van der Waals surface area contributed by atoms with E-state index in [4.69, 9.17) is 9.62 Å². The molecule has 0 saturated heterocycles. The predicted octanol–water partition coefficient (Wildman–Crippen LogP) is 1.88. The molecule has 0 aromatic carbocycles. The van der Waals surface area contributed by atoms with E-state index in [0.29, 0.717) is 17.8 Å². The van der Waals surface area contributed by atoms with Gasteiger partial charge in [-0.15, -0.1) is 0 Å². The summed E-state index contributed by atoms with van der Waals surface area (Å²) in [5.74, 6) is -0.105. The van der Waals surface area contributed by atoms with Crippen LogP contribution in [0, 0.1) is 10.1 Å². The Labute approximate surface area is 101 Å². The van der Waals surface area contributed by atoms with E-state index in [1.165, 1.54) is 18.3 Å². The second kappa shape index (κ2) is 4.70. The number of aryl methyl sites for hydroxylation is 1. The van der Waals surface area contributed by atoms with Gasteiger partial charge in [-0.3, -0.25) is 14.8 Å². The smallest absolute Gasteiger partial charge is 0.411 e. The van der Waals surface area contributed by atoms with Gasteiger partial charge in [0.25, 0.3) is 0 Å². The van der Waals surface area contributed by atoms with E-state index in [1.807, 2.05) is 6.92 Å². The molecule has 0 unspecified atom stereocenters. The minimum Gasteiger partial charge on any atom is -0.411 e. The Bertz CT molecular complexity index is 599. The third kappa shape index (κ3) is 2.08. The summed E-state index contributed by atoms with van der Waals surface area (Å²) in [5.41, 5.74) is 0.909. The molecule has 2 rings (SSSR count). The average molecular weight is 250 g/mol. The van der Waals surface area contributed by atoms with Gasteiger partial charge in [-0.25, -0.2) is 0 Å². The normalized spacial score (nSPS) is 11.2. The highest BCUT2D eigenvalue weighted by molar-refractivity contribution is 5.87. The fourth-order valence-corrected chi connectivity index (χ4v) is 1.50. The number of nitrogens with zero attached hydrogens (tertiary/aromatic N) is 4. The maximum absolute atomic E-state index is 10.5. The van der Waals surface area contributed by atoms with Gasteiger partial charge >= 0.3 is 5.88 Å². The number of oxime groups is 1. The van der Waals surface area contributed by atoms with Crippen LogP contribution in [-0.4, -0.2) is 26.1 Å². The van der Waals surface area contributed by atoms with Crippen LogP contribution in [0.5, 0.6) is 0 Å². The van der Waals surface area contributed by atoms with Gasteiger partial charge in [-0.05, 0) is 13.0 Å². The van der Waals surface area contributed by atoms with Crippen LogP contribution in [0.3, 0.4) is 0 Å². The van der Waals surface area contributed by atoms with E-state index < -0.39 is 4.92 Å². The van der Waals surface area contributed by atoms with E-state index in [2.05, 4.69) is 10.3 Å². The largest absolute Gasteiger partial charge is 0.433 e. The lowest BCUT2D eigenvalue weighted by atomic mass is 10.2. The zero-order valence-corrected chi connectivity index (χ0v) is 9.48. The van der Waals surface area contributed by atoms with Crippen LogP contribution in [0.2, 0.25) is 0 Å². The Kier molecular flexibility index (Phi) is 3.09. The Balaban J connectivity index is 2.47. The molecule has 0 saturated carbocycles. The van der Waals surface area contributed by atoms with Crippen LogP contribution in [-0.2, 0) is 6.54 Å². The van der Waals surface area contributed by atoms with Crippen molar-refractivity contribution < 1.29 is 14.5 Å². The molecule has 0 aliphatic rings. The van der Waals surface area contributed by atoms with Crippen LogP contribution >= 0.6 is 0 Å². The molecule has 94 valence electrons. The first kappa shape index (κ1) is 11.8. The Morgan fingerprint density at radius 2 is 2.44 bits per heavy atom. The van der Waals surface area contributed by atoms with Crippen molar-refractivity contribution >= 4 is 12.1 Å². The zero-order chi connectivity index (χ0) is 13.1. The van der Waals surface area contributed by atoms with Gasteiger partial charge in [0.1, 0.15) is 10.6 Å². The van der Waals surface area contributed by atoms with E-state index in [0.717, 1.165) is 0 Å². The summed E-state index contributed by atoms with van der Waals surface area (Å²) in [6.07, 6.45) is 2.85. The number of hydrogen-bond acceptors (Lipinski definition) is 6. The predicted molar refractivity (Wildman–Crippen MR) is 61.6 cm³/mol. The lowest BCUT2D eigenvalue weighted by Crippen LogP contribution is -1.93. The van der Waals surface area contributed by atoms with Gasteiger partial charge in [0, 0.05) is 18.3 Å². The van der Waals surface area contributed by atoms with E-state index in [9.17, 15) is 10.1 Å². The second-order valence-corrected chi connectivity index (χ2v) is 3.43. The maximum atomic E-state index is 10.5. The minimum atomic E-state index is -0.625. The standard InChI is InChI=1S/C10H10N4O4/c1-2-13-6-7(5-11-15)10(12-13)8-3-4-9(18-8)14(16)17/h3-6,15H,2H2,1H3. The second-order valence-electron chi connectivity index (χ2n) is 3.43. The number of hydrogen-bond donors (Lipinski definition) is 1. The molecule has 8 heteroatoms. The molecule has 1 N–H and O–H groups in total. The SMILES string of the molecule is CCn1cc(C=NO)c(-c2ccc([N+](=O)[O-])o2)n1. The molecule has 2 aromatic heterocycles. The Morgan fingerprint density at radius 1 is 1.67 bits per heavy atom. The fraction of sp³-hybridized carbons (Fsp3) is 0.200. The number of aromatic nitrogens is 2. The summed E-state index contributed by atoms with van der Waals surface area (Å²) in [6.45, 7) is 2.51. The Morgan fingerprint density at radius 3 is 3.00 bits per heavy atom. The number of nitro groups is 1. The third-order valence-electron chi connectivity index (χ3n) is 2.32. The van der Waals surface area contributed by atoms with Crippen molar-refractivity contribution in [3.63, 3.8) is 0 Å². The molecular weight excluding hydrogens is 240 g/mol. The van der Waals surface area contributed by atoms with Crippen molar-refractivity contribution in [3.8, 4) is 11.5 Å². The van der Waals surface area contributed by atoms with E-state index in [1.54, 1.807) is 10.9 Å². The Hall–Kier alpha value is -2.64. The molecule has 0 radical (unpaired) electrons. The van der Waals surface area contributed by atoms with E-state index >= 15 is 0 Å². The van der Waals surface area contributed by atoms with Crippen molar-refractivity contribution in [2.75, 3.05) is 0 Å². The molecule has 0 aliphatic carbocycles. The van der Waals surface area contributed by atoms with Gasteiger partial charge in [-0.1, -0.05) is 5.16 Å². The number of rotatable bonds is 4. The first-order valence-electron chi connectivity index (χ1n) is 5.15. The molecule has 2 aromatic rings. The van der Waals surface area contributed by atoms with Gasteiger partial charge in [-0.2, -0.15) is 5.10 Å². The van der Waals surface area contributed by atoms with Gasteiger partial charge in [0.05, 0.1) is 12.3 Å². The quantitative estimate of drug-likeness (QED) is 0.386. The number of furan rings is 1. The van der Waals surface area contributed by atoms with Gasteiger partial charge in [0.15, 0.2) is 5.76 Å². The molecule has 0 fully saturated rings. The summed E-state index contributed by atoms with van der Waals surface area (Å²) < 4.78 is 6.67. The lowest BCUT2D eigenvalue weighted by molar-refractivity contribution is -0.401. The van der Waals surface area contributed by atoms with Crippen molar-refractivity contribution in [2.24, 2.45) is 5.16 Å². The molecule has 0 atom stereocenters. The third-order valence-corrected chi connectivity index (χ3v) is 2.32. The van der Waals surface area contributed by atoms with Gasteiger partial charge in [0.2, 0.25) is 0 Å². The van der Waals surface area contributed by atoms with Crippen LogP contribution < -0.4 is 0 Å². The minimum absolute atomic E-state index is 0.254. The summed E-state index contributed by atoms with van der Waals surface area (Å²) in [4.78, 5) is 9.91.